The van der Waals surface area contributed by atoms with E-state index >= 15 is 0 Å². The number of aromatic nitrogens is 2. The van der Waals surface area contributed by atoms with Crippen LogP contribution in [0.1, 0.15) is 53.3 Å². The van der Waals surface area contributed by atoms with Crippen LogP contribution in [0.4, 0.5) is 0 Å². The summed E-state index contributed by atoms with van der Waals surface area (Å²) in [5, 5.41) is 1.27. The Kier molecular flexibility index (Phi) is 6.17. The van der Waals surface area contributed by atoms with E-state index in [2.05, 4.69) is 65.1 Å². The first kappa shape index (κ1) is 23.0. The molecular formula is C29H33N3OS. The van der Waals surface area contributed by atoms with E-state index in [0.29, 0.717) is 5.92 Å². The summed E-state index contributed by atoms with van der Waals surface area (Å²) >= 11 is 1.72. The van der Waals surface area contributed by atoms with E-state index in [-0.39, 0.29) is 0 Å². The van der Waals surface area contributed by atoms with E-state index in [9.17, 15) is 4.79 Å². The number of nitrogens with zero attached hydrogens (tertiary/aromatic N) is 2. The fraction of sp³-hybridized carbons (Fsp3) is 0.379. The van der Waals surface area contributed by atoms with Crippen molar-refractivity contribution in [1.82, 2.24) is 14.9 Å². The number of H-pyrrole nitrogens is 1. The number of nitrogens with one attached hydrogen (secondary N) is 1. The van der Waals surface area contributed by atoms with Gasteiger partial charge in [-0.05, 0) is 100 Å². The molecule has 176 valence electrons. The Bertz CT molecular complexity index is 1300. The number of aryl methyl sites for hydroxylation is 2. The molecular weight excluding hydrogens is 438 g/mol. The van der Waals surface area contributed by atoms with Gasteiger partial charge in [-0.1, -0.05) is 17.2 Å². The Balaban J connectivity index is 1.45. The van der Waals surface area contributed by atoms with Crippen LogP contribution in [-0.4, -0.2) is 40.8 Å². The van der Waals surface area contributed by atoms with Gasteiger partial charge in [0.05, 0.1) is 11.1 Å². The zero-order valence-electron chi connectivity index (χ0n) is 20.5. The van der Waals surface area contributed by atoms with Gasteiger partial charge < -0.3 is 14.7 Å². The van der Waals surface area contributed by atoms with Gasteiger partial charge in [0, 0.05) is 35.7 Å². The maximum Gasteiger partial charge on any atom is 0.130 e. The SMILES string of the molecule is Cc1cc(C)cc(-c2[nH]c3sc(C(C)(C)C=O)cc3c2CCN2CCC(c3ccncc3)C2)c1. The van der Waals surface area contributed by atoms with Gasteiger partial charge in [0.25, 0.3) is 0 Å². The molecule has 1 aromatic carbocycles. The molecule has 1 atom stereocenters. The predicted molar refractivity (Wildman–Crippen MR) is 142 cm³/mol. The molecule has 3 aromatic heterocycles. The highest BCUT2D eigenvalue weighted by Crippen LogP contribution is 2.40. The number of hydrogen-bond acceptors (Lipinski definition) is 4. The molecule has 4 nitrogen and oxygen atoms in total. The molecule has 4 aromatic rings. The normalized spacial score (nSPS) is 17.0. The average Bonchev–Trinajstić information content (AvgIpc) is 3.53. The van der Waals surface area contributed by atoms with Gasteiger partial charge in [-0.3, -0.25) is 4.98 Å². The van der Waals surface area contributed by atoms with E-state index in [1.54, 1.807) is 11.3 Å². The van der Waals surface area contributed by atoms with Gasteiger partial charge >= 0.3 is 0 Å². The maximum absolute atomic E-state index is 11.7. The molecule has 34 heavy (non-hydrogen) atoms. The quantitative estimate of drug-likeness (QED) is 0.317. The summed E-state index contributed by atoms with van der Waals surface area (Å²) in [6.07, 6.45) is 7.06. The number of benzene rings is 1. The van der Waals surface area contributed by atoms with Crippen molar-refractivity contribution in [2.24, 2.45) is 0 Å². The van der Waals surface area contributed by atoms with Crippen molar-refractivity contribution in [2.75, 3.05) is 19.6 Å². The number of thiophene rings is 1. The van der Waals surface area contributed by atoms with Gasteiger partial charge in [-0.25, -0.2) is 0 Å². The van der Waals surface area contributed by atoms with E-state index in [0.717, 1.165) is 37.2 Å². The molecule has 1 aliphatic heterocycles. The van der Waals surface area contributed by atoms with Gasteiger partial charge in [-0.2, -0.15) is 0 Å². The summed E-state index contributed by atoms with van der Waals surface area (Å²) in [4.78, 5) is 24.5. The summed E-state index contributed by atoms with van der Waals surface area (Å²) in [7, 11) is 0. The lowest BCUT2D eigenvalue weighted by molar-refractivity contribution is -0.111. The minimum absolute atomic E-state index is 0.464. The number of hydrogen-bond donors (Lipinski definition) is 1. The van der Waals surface area contributed by atoms with Crippen molar-refractivity contribution >= 4 is 27.8 Å². The lowest BCUT2D eigenvalue weighted by Gasteiger charge is -2.17. The molecule has 0 saturated carbocycles. The fourth-order valence-electron chi connectivity index (χ4n) is 5.25. The highest BCUT2D eigenvalue weighted by molar-refractivity contribution is 7.19. The van der Waals surface area contributed by atoms with Gasteiger partial charge in [-0.15, -0.1) is 11.3 Å². The van der Waals surface area contributed by atoms with Crippen molar-refractivity contribution < 1.29 is 4.79 Å². The predicted octanol–water partition coefficient (Wildman–Crippen LogP) is 6.42. The Hall–Kier alpha value is -2.76. The van der Waals surface area contributed by atoms with E-state index in [1.807, 2.05) is 26.2 Å². The molecule has 1 fully saturated rings. The molecule has 5 rings (SSSR count). The van der Waals surface area contributed by atoms with Crippen molar-refractivity contribution in [2.45, 2.75) is 51.9 Å². The molecule has 0 aliphatic carbocycles. The number of carbonyl (C=O) groups is 1. The highest BCUT2D eigenvalue weighted by atomic mass is 32.1. The molecule has 1 aliphatic rings. The molecule has 0 radical (unpaired) electrons. The third kappa shape index (κ3) is 4.47. The summed E-state index contributed by atoms with van der Waals surface area (Å²) in [5.74, 6) is 0.592. The second kappa shape index (κ2) is 9.12. The number of aromatic amines is 1. The molecule has 1 N–H and O–H groups in total. The number of fused-ring (bicyclic) bond motifs is 1. The van der Waals surface area contributed by atoms with Crippen LogP contribution in [0.3, 0.4) is 0 Å². The summed E-state index contributed by atoms with van der Waals surface area (Å²) in [5.41, 5.74) is 7.35. The minimum Gasteiger partial charge on any atom is -0.346 e. The molecule has 1 unspecified atom stereocenters. The molecule has 4 heterocycles. The second-order valence-corrected chi connectivity index (χ2v) is 11.4. The third-order valence-corrected chi connectivity index (χ3v) is 8.56. The minimum atomic E-state index is -0.464. The Morgan fingerprint density at radius 3 is 2.59 bits per heavy atom. The van der Waals surface area contributed by atoms with E-state index < -0.39 is 5.41 Å². The van der Waals surface area contributed by atoms with Crippen molar-refractivity contribution in [3.63, 3.8) is 0 Å². The number of rotatable bonds is 7. The second-order valence-electron chi connectivity index (χ2n) is 10.4. The van der Waals surface area contributed by atoms with Crippen LogP contribution in [0.5, 0.6) is 0 Å². The summed E-state index contributed by atoms with van der Waals surface area (Å²) in [6, 6.07) is 13.3. The number of carbonyl (C=O) groups excluding carboxylic acids is 1. The highest BCUT2D eigenvalue weighted by Gasteiger charge is 2.27. The van der Waals surface area contributed by atoms with Crippen LogP contribution in [0.15, 0.2) is 48.8 Å². The van der Waals surface area contributed by atoms with Gasteiger partial charge in [0.15, 0.2) is 0 Å². The van der Waals surface area contributed by atoms with Crippen molar-refractivity contribution in [1.29, 1.82) is 0 Å². The van der Waals surface area contributed by atoms with Crippen LogP contribution < -0.4 is 0 Å². The molecule has 0 bridgehead atoms. The molecule has 1 saturated heterocycles. The molecule has 5 heteroatoms. The van der Waals surface area contributed by atoms with E-state index in [4.69, 9.17) is 0 Å². The van der Waals surface area contributed by atoms with Crippen LogP contribution in [0.25, 0.3) is 21.5 Å². The van der Waals surface area contributed by atoms with Gasteiger partial charge in [0.1, 0.15) is 11.1 Å². The van der Waals surface area contributed by atoms with Crippen LogP contribution >= 0.6 is 11.3 Å². The molecule has 0 amide bonds. The van der Waals surface area contributed by atoms with Crippen LogP contribution in [-0.2, 0) is 16.6 Å². The zero-order chi connectivity index (χ0) is 23.9. The monoisotopic (exact) mass is 471 g/mol. The topological polar surface area (TPSA) is 49.0 Å². The van der Waals surface area contributed by atoms with Crippen molar-refractivity contribution in [3.05, 3.63) is 75.9 Å². The first-order chi connectivity index (χ1) is 16.3. The fourth-order valence-corrected chi connectivity index (χ4v) is 6.40. The van der Waals surface area contributed by atoms with Crippen LogP contribution in [0, 0.1) is 13.8 Å². The smallest absolute Gasteiger partial charge is 0.130 e. The standard InChI is InChI=1S/C29H33N3OS/c1-19-13-20(2)15-23(14-19)27-24(25-16-26(29(3,4)18-33)34-28(25)31-27)8-12-32-11-7-22(17-32)21-5-9-30-10-6-21/h5-6,9-10,13-16,18,22,31H,7-8,11-12,17H2,1-4H3. The Morgan fingerprint density at radius 2 is 1.88 bits per heavy atom. The molecule has 0 spiro atoms. The lowest BCUT2D eigenvalue weighted by atomic mass is 9.93. The van der Waals surface area contributed by atoms with Gasteiger partial charge in [0.2, 0.25) is 0 Å². The number of aldehydes is 1. The lowest BCUT2D eigenvalue weighted by Crippen LogP contribution is -2.23. The van der Waals surface area contributed by atoms with Crippen molar-refractivity contribution in [3.8, 4) is 11.3 Å². The average molecular weight is 472 g/mol. The van der Waals surface area contributed by atoms with E-state index in [1.165, 1.54) is 50.1 Å². The Labute approximate surface area is 206 Å². The maximum atomic E-state index is 11.7. The first-order valence-corrected chi connectivity index (χ1v) is 13.0. The first-order valence-electron chi connectivity index (χ1n) is 12.2. The largest absolute Gasteiger partial charge is 0.346 e. The Morgan fingerprint density at radius 1 is 1.15 bits per heavy atom. The number of pyridine rings is 1. The summed E-state index contributed by atoms with van der Waals surface area (Å²) in [6.45, 7) is 11.6. The number of likely N-dealkylation sites (tertiary alicyclic amines) is 1. The van der Waals surface area contributed by atoms with Crippen LogP contribution in [0.2, 0.25) is 0 Å². The third-order valence-electron chi connectivity index (χ3n) is 7.17. The zero-order valence-corrected chi connectivity index (χ0v) is 21.3. The summed E-state index contributed by atoms with van der Waals surface area (Å²) < 4.78 is 0.